The lowest BCUT2D eigenvalue weighted by atomic mass is 9.68. The first kappa shape index (κ1) is 17.4. The second-order valence-corrected chi connectivity index (χ2v) is 6.27. The molecule has 3 atom stereocenters. The molecule has 4 heteroatoms. The summed E-state index contributed by atoms with van der Waals surface area (Å²) in [6, 6.07) is 13.7. The van der Waals surface area contributed by atoms with Gasteiger partial charge in [0, 0.05) is 5.92 Å². The van der Waals surface area contributed by atoms with E-state index in [1.54, 1.807) is 13.0 Å². The highest BCUT2D eigenvalue weighted by atomic mass is 16.5. The van der Waals surface area contributed by atoms with E-state index in [0.29, 0.717) is 0 Å². The fourth-order valence-corrected chi connectivity index (χ4v) is 3.82. The predicted octanol–water partition coefficient (Wildman–Crippen LogP) is 3.85. The number of ether oxygens (including phenoxy) is 2. The predicted molar refractivity (Wildman–Crippen MR) is 96.1 cm³/mol. The Labute approximate surface area is 147 Å². The summed E-state index contributed by atoms with van der Waals surface area (Å²) in [5.74, 6) is -1.22. The van der Waals surface area contributed by atoms with Crippen LogP contribution in [0.15, 0.2) is 55.1 Å². The molecule has 25 heavy (non-hydrogen) atoms. The van der Waals surface area contributed by atoms with Gasteiger partial charge in [-0.05, 0) is 30.2 Å². The lowest BCUT2D eigenvalue weighted by Gasteiger charge is -2.33. The third-order valence-electron chi connectivity index (χ3n) is 5.03. The van der Waals surface area contributed by atoms with Gasteiger partial charge in [0.15, 0.2) is 11.2 Å². The molecule has 3 rings (SSSR count). The van der Waals surface area contributed by atoms with E-state index in [0.717, 1.165) is 16.3 Å². The van der Waals surface area contributed by atoms with E-state index in [4.69, 9.17) is 9.47 Å². The third kappa shape index (κ3) is 2.57. The first-order valence-corrected chi connectivity index (χ1v) is 8.47. The Morgan fingerprint density at radius 2 is 2.00 bits per heavy atom. The largest absolute Gasteiger partial charge is 0.465 e. The quantitative estimate of drug-likeness (QED) is 0.472. The number of hydrogen-bond acceptors (Lipinski definition) is 4. The van der Waals surface area contributed by atoms with Crippen LogP contribution in [0, 0.1) is 11.3 Å². The minimum atomic E-state index is -1.40. The lowest BCUT2D eigenvalue weighted by Crippen LogP contribution is -2.46. The normalized spacial score (nSPS) is 25.7. The first-order valence-electron chi connectivity index (χ1n) is 8.47. The number of fused-ring (bicyclic) bond motifs is 1. The molecule has 0 spiro atoms. The molecule has 0 saturated carbocycles. The molecular formula is C21H22O4. The zero-order valence-electron chi connectivity index (χ0n) is 14.5. The molecule has 130 valence electrons. The van der Waals surface area contributed by atoms with Crippen LogP contribution in [0.1, 0.15) is 25.5 Å². The van der Waals surface area contributed by atoms with Crippen molar-refractivity contribution in [1.29, 1.82) is 0 Å². The zero-order valence-corrected chi connectivity index (χ0v) is 14.5. The van der Waals surface area contributed by atoms with Crippen LogP contribution >= 0.6 is 0 Å². The summed E-state index contributed by atoms with van der Waals surface area (Å²) in [5, 5.41) is 2.00. The average molecular weight is 338 g/mol. The molecule has 0 aromatic heterocycles. The molecule has 3 unspecified atom stereocenters. The highest BCUT2D eigenvalue weighted by molar-refractivity contribution is 6.05. The van der Waals surface area contributed by atoms with Crippen molar-refractivity contribution in [3.8, 4) is 0 Å². The molecule has 1 aliphatic rings. The maximum atomic E-state index is 12.9. The number of carbonyl (C=O) groups is 2. The summed E-state index contributed by atoms with van der Waals surface area (Å²) >= 11 is 0. The molecule has 1 saturated heterocycles. The number of esters is 1. The summed E-state index contributed by atoms with van der Waals surface area (Å²) in [4.78, 5) is 25.7. The van der Waals surface area contributed by atoms with Gasteiger partial charge in [-0.3, -0.25) is 9.59 Å². The maximum Gasteiger partial charge on any atom is 0.323 e. The number of rotatable bonds is 5. The van der Waals surface area contributed by atoms with Crippen LogP contribution in [0.3, 0.4) is 0 Å². The zero-order chi connectivity index (χ0) is 18.0. The van der Waals surface area contributed by atoms with E-state index in [-0.39, 0.29) is 19.0 Å². The van der Waals surface area contributed by atoms with Gasteiger partial charge in [-0.15, -0.1) is 6.58 Å². The van der Waals surface area contributed by atoms with Gasteiger partial charge in [-0.25, -0.2) is 0 Å². The van der Waals surface area contributed by atoms with Crippen molar-refractivity contribution in [2.75, 3.05) is 13.2 Å². The van der Waals surface area contributed by atoms with Crippen LogP contribution in [-0.4, -0.2) is 25.0 Å². The van der Waals surface area contributed by atoms with Crippen LogP contribution < -0.4 is 0 Å². The number of hydrogen-bond donors (Lipinski definition) is 0. The van der Waals surface area contributed by atoms with Crippen molar-refractivity contribution >= 4 is 22.5 Å². The van der Waals surface area contributed by atoms with Crippen molar-refractivity contribution in [2.24, 2.45) is 11.3 Å². The van der Waals surface area contributed by atoms with Crippen LogP contribution in [0.4, 0.5) is 0 Å². The Morgan fingerprint density at radius 3 is 2.68 bits per heavy atom. The van der Waals surface area contributed by atoms with E-state index in [1.807, 2.05) is 42.5 Å². The summed E-state index contributed by atoms with van der Waals surface area (Å²) < 4.78 is 11.3. The summed E-state index contributed by atoms with van der Waals surface area (Å²) in [6.45, 7) is 7.45. The second-order valence-electron chi connectivity index (χ2n) is 6.27. The molecule has 2 aromatic carbocycles. The van der Waals surface area contributed by atoms with Crippen LogP contribution in [0.25, 0.3) is 10.8 Å². The number of benzene rings is 2. The van der Waals surface area contributed by atoms with Crippen molar-refractivity contribution in [2.45, 2.75) is 20.0 Å². The highest BCUT2D eigenvalue weighted by Crippen LogP contribution is 2.52. The standard InChI is InChI=1S/C21H22O4/c1-4-16-13-25-19(21(16,14(3)22)20(23)24-5-2)18-12-8-10-15-9-6-7-11-17(15)18/h4,6-12,16,19H,1,5,13H2,2-3H3. The Morgan fingerprint density at radius 1 is 1.28 bits per heavy atom. The summed E-state index contributed by atoms with van der Waals surface area (Å²) in [5.41, 5.74) is -0.576. The number of carbonyl (C=O) groups excluding carboxylic acids is 2. The molecule has 1 heterocycles. The van der Waals surface area contributed by atoms with Gasteiger partial charge >= 0.3 is 5.97 Å². The van der Waals surface area contributed by atoms with Crippen molar-refractivity contribution in [1.82, 2.24) is 0 Å². The minimum Gasteiger partial charge on any atom is -0.465 e. The second kappa shape index (κ2) is 6.81. The van der Waals surface area contributed by atoms with Crippen molar-refractivity contribution < 1.29 is 19.1 Å². The van der Waals surface area contributed by atoms with E-state index < -0.39 is 23.4 Å². The van der Waals surface area contributed by atoms with Gasteiger partial charge in [-0.2, -0.15) is 0 Å². The minimum absolute atomic E-state index is 0.208. The fraction of sp³-hybridized carbons (Fsp3) is 0.333. The topological polar surface area (TPSA) is 52.6 Å². The maximum absolute atomic E-state index is 12.9. The van der Waals surface area contributed by atoms with E-state index in [2.05, 4.69) is 6.58 Å². The van der Waals surface area contributed by atoms with Crippen molar-refractivity contribution in [3.05, 3.63) is 60.7 Å². The molecule has 0 aliphatic carbocycles. The summed E-state index contributed by atoms with van der Waals surface area (Å²) in [6.07, 6.45) is 0.932. The molecule has 0 bridgehead atoms. The number of Topliss-reactive ketones (excluding diaryl/α,β-unsaturated/α-hetero) is 1. The van der Waals surface area contributed by atoms with Gasteiger partial charge < -0.3 is 9.47 Å². The van der Waals surface area contributed by atoms with Gasteiger partial charge in [0.25, 0.3) is 0 Å². The van der Waals surface area contributed by atoms with Crippen LogP contribution in [0.2, 0.25) is 0 Å². The van der Waals surface area contributed by atoms with E-state index >= 15 is 0 Å². The molecular weight excluding hydrogens is 316 g/mol. The molecule has 2 aromatic rings. The monoisotopic (exact) mass is 338 g/mol. The lowest BCUT2D eigenvalue weighted by molar-refractivity contribution is -0.165. The molecule has 0 amide bonds. The Hall–Kier alpha value is -2.46. The Kier molecular flexibility index (Phi) is 4.73. The highest BCUT2D eigenvalue weighted by Gasteiger charge is 2.61. The van der Waals surface area contributed by atoms with Gasteiger partial charge in [0.2, 0.25) is 0 Å². The molecule has 1 fully saturated rings. The third-order valence-corrected chi connectivity index (χ3v) is 5.03. The van der Waals surface area contributed by atoms with Crippen molar-refractivity contribution in [3.63, 3.8) is 0 Å². The Bertz CT molecular complexity index is 820. The average Bonchev–Trinajstić information content (AvgIpc) is 3.01. The smallest absolute Gasteiger partial charge is 0.323 e. The molecule has 0 N–H and O–H groups in total. The van der Waals surface area contributed by atoms with Gasteiger partial charge in [-0.1, -0.05) is 48.5 Å². The van der Waals surface area contributed by atoms with Crippen LogP contribution in [0.5, 0.6) is 0 Å². The number of ketones is 1. The Balaban J connectivity index is 2.23. The van der Waals surface area contributed by atoms with Crippen LogP contribution in [-0.2, 0) is 19.1 Å². The SMILES string of the molecule is C=CC1COC(c2cccc3ccccc23)C1(C(C)=O)C(=O)OCC. The van der Waals surface area contributed by atoms with Gasteiger partial charge in [0.1, 0.15) is 6.10 Å². The molecule has 0 radical (unpaired) electrons. The first-order chi connectivity index (χ1) is 12.1. The van der Waals surface area contributed by atoms with E-state index in [9.17, 15) is 9.59 Å². The van der Waals surface area contributed by atoms with Gasteiger partial charge in [0.05, 0.1) is 13.2 Å². The van der Waals surface area contributed by atoms with E-state index in [1.165, 1.54) is 6.92 Å². The molecule has 1 aliphatic heterocycles. The summed E-state index contributed by atoms with van der Waals surface area (Å²) in [7, 11) is 0. The fourth-order valence-electron chi connectivity index (χ4n) is 3.82. The molecule has 4 nitrogen and oxygen atoms in total.